The summed E-state index contributed by atoms with van der Waals surface area (Å²) in [6, 6.07) is 6.22. The highest BCUT2D eigenvalue weighted by Crippen LogP contribution is 2.23. The van der Waals surface area contributed by atoms with E-state index in [0.717, 1.165) is 19.3 Å². The van der Waals surface area contributed by atoms with Gasteiger partial charge in [-0.3, -0.25) is 0 Å². The minimum absolute atomic E-state index is 0.137. The van der Waals surface area contributed by atoms with Gasteiger partial charge in [-0.15, -0.1) is 0 Å². The molecule has 0 aliphatic carbocycles. The van der Waals surface area contributed by atoms with Gasteiger partial charge in [0.1, 0.15) is 11.5 Å². The Morgan fingerprint density at radius 1 is 1.06 bits per heavy atom. The van der Waals surface area contributed by atoms with Crippen LogP contribution in [0.25, 0.3) is 0 Å². The van der Waals surface area contributed by atoms with Crippen LogP contribution in [0, 0.1) is 0 Å². The van der Waals surface area contributed by atoms with Crippen LogP contribution in [-0.4, -0.2) is 12.7 Å². The second-order valence-electron chi connectivity index (χ2n) is 3.94. The number of rotatable bonds is 7. The van der Waals surface area contributed by atoms with E-state index in [4.69, 9.17) is 4.74 Å². The zero-order valence-electron chi connectivity index (χ0n) is 10.2. The zero-order valence-corrected chi connectivity index (χ0v) is 10.2. The first-order chi connectivity index (χ1) is 8.01. The van der Waals surface area contributed by atoms with Gasteiger partial charge in [-0.05, 0) is 30.7 Å². The molecule has 0 N–H and O–H groups in total. The molecule has 1 aromatic rings. The Morgan fingerprint density at radius 2 is 1.65 bits per heavy atom. The van der Waals surface area contributed by atoms with Crippen LogP contribution in [0.1, 0.15) is 33.1 Å². The third kappa shape index (κ3) is 6.09. The summed E-state index contributed by atoms with van der Waals surface area (Å²) in [7, 11) is 0. The summed E-state index contributed by atoms with van der Waals surface area (Å²) in [6.45, 7) is 3.48. The van der Waals surface area contributed by atoms with Gasteiger partial charge in [0.2, 0.25) is 0 Å². The van der Waals surface area contributed by atoms with E-state index in [-0.39, 0.29) is 5.75 Å². The Hall–Kier alpha value is -1.32. The highest BCUT2D eigenvalue weighted by molar-refractivity contribution is 5.31. The molecule has 1 rings (SSSR count). The van der Waals surface area contributed by atoms with E-state index in [1.165, 1.54) is 12.1 Å². The number of unbranched alkanes of at least 4 members (excludes halogenated alkanes) is 2. The maximum atomic E-state index is 12.5. The number of halogens is 2. The standard InChI is InChI=1S/C13H18F2O2/c1-3-4-5-10-16-11-6-8-12(9-7-11)17-13(2,14)15/h6-9H,3-5,10H2,1-2H3. The van der Waals surface area contributed by atoms with Crippen molar-refractivity contribution in [2.75, 3.05) is 6.61 Å². The molecule has 17 heavy (non-hydrogen) atoms. The van der Waals surface area contributed by atoms with Crippen molar-refractivity contribution in [3.8, 4) is 11.5 Å². The monoisotopic (exact) mass is 244 g/mol. The minimum Gasteiger partial charge on any atom is -0.494 e. The van der Waals surface area contributed by atoms with Gasteiger partial charge in [-0.25, -0.2) is 0 Å². The van der Waals surface area contributed by atoms with E-state index in [1.807, 2.05) is 0 Å². The van der Waals surface area contributed by atoms with Crippen LogP contribution in [0.3, 0.4) is 0 Å². The van der Waals surface area contributed by atoms with Gasteiger partial charge in [-0.2, -0.15) is 8.78 Å². The minimum atomic E-state index is -3.15. The fraction of sp³-hybridized carbons (Fsp3) is 0.538. The first kappa shape index (κ1) is 13.7. The Labute approximate surface area is 101 Å². The summed E-state index contributed by atoms with van der Waals surface area (Å²) >= 11 is 0. The predicted molar refractivity (Wildman–Crippen MR) is 62.7 cm³/mol. The van der Waals surface area contributed by atoms with Crippen molar-refractivity contribution in [3.63, 3.8) is 0 Å². The van der Waals surface area contributed by atoms with Gasteiger partial charge < -0.3 is 9.47 Å². The van der Waals surface area contributed by atoms with Crippen LogP contribution in [0.15, 0.2) is 24.3 Å². The predicted octanol–water partition coefficient (Wildman–Crippen LogP) is 4.25. The molecular formula is C13H18F2O2. The van der Waals surface area contributed by atoms with Gasteiger partial charge in [0, 0.05) is 6.92 Å². The topological polar surface area (TPSA) is 18.5 Å². The van der Waals surface area contributed by atoms with Crippen molar-refractivity contribution in [1.29, 1.82) is 0 Å². The lowest BCUT2D eigenvalue weighted by atomic mass is 10.3. The van der Waals surface area contributed by atoms with Crippen molar-refractivity contribution in [2.45, 2.75) is 39.2 Å². The molecule has 0 aliphatic rings. The lowest BCUT2D eigenvalue weighted by molar-refractivity contribution is -0.158. The highest BCUT2D eigenvalue weighted by atomic mass is 19.3. The molecule has 0 unspecified atom stereocenters. The maximum Gasteiger partial charge on any atom is 0.394 e. The van der Waals surface area contributed by atoms with E-state index in [2.05, 4.69) is 11.7 Å². The molecule has 0 saturated carbocycles. The van der Waals surface area contributed by atoms with Crippen LogP contribution in [-0.2, 0) is 0 Å². The first-order valence-corrected chi connectivity index (χ1v) is 5.81. The van der Waals surface area contributed by atoms with E-state index < -0.39 is 6.11 Å². The summed E-state index contributed by atoms with van der Waals surface area (Å²) < 4.78 is 34.9. The fourth-order valence-corrected chi connectivity index (χ4v) is 1.35. The average Bonchev–Trinajstić information content (AvgIpc) is 2.25. The molecule has 0 saturated heterocycles. The Bertz CT molecular complexity index is 317. The molecule has 0 aromatic heterocycles. The summed E-state index contributed by atoms with van der Waals surface area (Å²) in [4.78, 5) is 0. The molecule has 0 bridgehead atoms. The fourth-order valence-electron chi connectivity index (χ4n) is 1.35. The number of hydrogen-bond acceptors (Lipinski definition) is 2. The van der Waals surface area contributed by atoms with Gasteiger partial charge >= 0.3 is 6.11 Å². The van der Waals surface area contributed by atoms with Crippen molar-refractivity contribution < 1.29 is 18.3 Å². The van der Waals surface area contributed by atoms with Gasteiger partial charge in [-0.1, -0.05) is 19.8 Å². The molecule has 0 amide bonds. The molecule has 0 radical (unpaired) electrons. The molecule has 0 spiro atoms. The van der Waals surface area contributed by atoms with Crippen LogP contribution in [0.4, 0.5) is 8.78 Å². The number of alkyl halides is 2. The normalized spacial score (nSPS) is 11.3. The number of hydrogen-bond donors (Lipinski definition) is 0. The van der Waals surface area contributed by atoms with E-state index in [0.29, 0.717) is 19.3 Å². The van der Waals surface area contributed by atoms with Crippen LogP contribution in [0.2, 0.25) is 0 Å². The quantitative estimate of drug-likeness (QED) is 0.668. The molecule has 96 valence electrons. The van der Waals surface area contributed by atoms with Gasteiger partial charge in [0.15, 0.2) is 0 Å². The lowest BCUT2D eigenvalue weighted by Gasteiger charge is -2.13. The summed E-state index contributed by atoms with van der Waals surface area (Å²) in [5.74, 6) is 0.811. The second kappa shape index (κ2) is 6.42. The van der Waals surface area contributed by atoms with E-state index >= 15 is 0 Å². The molecule has 0 heterocycles. The van der Waals surface area contributed by atoms with Crippen LogP contribution in [0.5, 0.6) is 11.5 Å². The molecule has 0 atom stereocenters. The molecule has 4 heteroatoms. The van der Waals surface area contributed by atoms with Crippen LogP contribution < -0.4 is 9.47 Å². The highest BCUT2D eigenvalue weighted by Gasteiger charge is 2.22. The SMILES string of the molecule is CCCCCOc1ccc(OC(C)(F)F)cc1. The van der Waals surface area contributed by atoms with E-state index in [9.17, 15) is 8.78 Å². The summed E-state index contributed by atoms with van der Waals surface area (Å²) in [5, 5.41) is 0. The second-order valence-corrected chi connectivity index (χ2v) is 3.94. The summed E-state index contributed by atoms with van der Waals surface area (Å²) in [6.07, 6.45) is 0.121. The molecular weight excluding hydrogens is 226 g/mol. The zero-order chi connectivity index (χ0) is 12.7. The third-order valence-corrected chi connectivity index (χ3v) is 2.14. The third-order valence-electron chi connectivity index (χ3n) is 2.14. The molecule has 0 aliphatic heterocycles. The molecule has 1 aromatic carbocycles. The lowest BCUT2D eigenvalue weighted by Crippen LogP contribution is -2.18. The average molecular weight is 244 g/mol. The van der Waals surface area contributed by atoms with Gasteiger partial charge in [0.25, 0.3) is 0 Å². The molecule has 2 nitrogen and oxygen atoms in total. The Balaban J connectivity index is 2.39. The Morgan fingerprint density at radius 3 is 2.18 bits per heavy atom. The van der Waals surface area contributed by atoms with Crippen LogP contribution >= 0.6 is 0 Å². The Kier molecular flexibility index (Phi) is 5.19. The molecule has 0 fully saturated rings. The van der Waals surface area contributed by atoms with Crippen molar-refractivity contribution in [3.05, 3.63) is 24.3 Å². The maximum absolute atomic E-state index is 12.5. The number of ether oxygens (including phenoxy) is 2. The van der Waals surface area contributed by atoms with Gasteiger partial charge in [0.05, 0.1) is 6.61 Å². The van der Waals surface area contributed by atoms with Crippen molar-refractivity contribution >= 4 is 0 Å². The largest absolute Gasteiger partial charge is 0.494 e. The summed E-state index contributed by atoms with van der Waals surface area (Å²) in [5.41, 5.74) is 0. The van der Waals surface area contributed by atoms with Crippen molar-refractivity contribution in [1.82, 2.24) is 0 Å². The van der Waals surface area contributed by atoms with Crippen molar-refractivity contribution in [2.24, 2.45) is 0 Å². The first-order valence-electron chi connectivity index (χ1n) is 5.81. The smallest absolute Gasteiger partial charge is 0.394 e. The number of benzene rings is 1. The van der Waals surface area contributed by atoms with E-state index in [1.54, 1.807) is 12.1 Å².